The molecule has 10 unspecified atom stereocenters. The molecule has 0 aliphatic carbocycles. The van der Waals surface area contributed by atoms with Crippen molar-refractivity contribution in [2.24, 2.45) is 0 Å². The van der Waals surface area contributed by atoms with Crippen molar-refractivity contribution < 1.29 is 139 Å². The van der Waals surface area contributed by atoms with E-state index in [9.17, 15) is 91.3 Å². The molecule has 100 heavy (non-hydrogen) atoms. The molecule has 2 amide bonds. The molecule has 5 aliphatic rings. The van der Waals surface area contributed by atoms with Gasteiger partial charge in [0, 0.05) is 13.3 Å². The van der Waals surface area contributed by atoms with Crippen LogP contribution in [0, 0.1) is 0 Å². The van der Waals surface area contributed by atoms with Gasteiger partial charge in [0.1, 0.15) is 122 Å². The highest BCUT2D eigenvalue weighted by molar-refractivity contribution is 5.76. The maximum atomic E-state index is 13.5. The second-order valence-electron chi connectivity index (χ2n) is 27.9. The summed E-state index contributed by atoms with van der Waals surface area (Å²) in [5, 5.41) is 181. The van der Waals surface area contributed by atoms with E-state index >= 15 is 0 Å². The van der Waals surface area contributed by atoms with Gasteiger partial charge in [-0.15, -0.1) is 0 Å². The predicted molar refractivity (Wildman–Crippen MR) is 359 cm³/mol. The van der Waals surface area contributed by atoms with Crippen molar-refractivity contribution >= 4 is 11.8 Å². The van der Waals surface area contributed by atoms with Gasteiger partial charge in [-0.1, -0.05) is 193 Å². The van der Waals surface area contributed by atoms with Crippen molar-refractivity contribution in [1.29, 1.82) is 0 Å². The normalized spacial score (nSPS) is 35.6. The molecule has 5 saturated heterocycles. The van der Waals surface area contributed by atoms with Crippen LogP contribution in [0.5, 0.6) is 0 Å². The van der Waals surface area contributed by atoms with E-state index in [1.807, 2.05) is 6.08 Å². The Morgan fingerprint density at radius 3 is 1.23 bits per heavy atom. The van der Waals surface area contributed by atoms with E-state index in [0.717, 1.165) is 58.3 Å². The number of hydrogen-bond acceptors (Lipinski definition) is 28. The van der Waals surface area contributed by atoms with Crippen LogP contribution >= 0.6 is 0 Å². The van der Waals surface area contributed by atoms with Crippen molar-refractivity contribution in [2.45, 2.75) is 379 Å². The quantitative estimate of drug-likeness (QED) is 0.0289. The summed E-state index contributed by atoms with van der Waals surface area (Å²) in [6, 6.07) is -2.71. The molecule has 0 saturated carbocycles. The van der Waals surface area contributed by atoms with Gasteiger partial charge in [0.2, 0.25) is 11.8 Å². The molecular formula is C70H128N2O28. The molecule has 27 atom stereocenters. The number of carbonyl (C=O) groups is 2. The van der Waals surface area contributed by atoms with Gasteiger partial charge < -0.3 is 140 Å². The lowest BCUT2D eigenvalue weighted by Gasteiger charge is -2.49. The van der Waals surface area contributed by atoms with Crippen LogP contribution in [0.3, 0.4) is 0 Å². The molecule has 30 nitrogen and oxygen atoms in total. The van der Waals surface area contributed by atoms with Crippen molar-refractivity contribution in [1.82, 2.24) is 10.6 Å². The first-order valence-corrected chi connectivity index (χ1v) is 37.5. The van der Waals surface area contributed by atoms with Gasteiger partial charge in [0.15, 0.2) is 31.5 Å². The molecule has 30 heteroatoms. The number of rotatable bonds is 50. The number of ether oxygens (including phenoxy) is 10. The Morgan fingerprint density at radius 1 is 0.400 bits per heavy atom. The van der Waals surface area contributed by atoms with Crippen LogP contribution in [0.2, 0.25) is 0 Å². The standard InChI is InChI=1S/C70H128N2O28/c1-4-6-8-10-12-14-16-18-19-20-21-23-25-27-29-31-33-35-50(79)72-43(44(78)34-32-30-28-26-24-22-17-15-13-11-9-7-5-2)40-91-67-61(89)58(86)64(48(39-76)96-67)99-70-62(90)65(100-69-60(88)57(85)53(81)46(37-74)94-69)54(82)49(97-70)41-92-66-51(71-42(3)77)55(83)63(47(38-75)95-66)98-68-59(87)56(84)52(80)45(36-73)93-68/h32,34,43-49,51-70,73-76,78,80-90H,4-31,33,35-41H2,1-3H3,(H,71,77)(H,72,79)/b34-32+/t43-,44+,45?,46?,47?,48?,49?,51?,52-,53-,54-,55+,56-,57-,58+,59?,60?,61?,62?,63+,64+,65-,66+,67+,68-,69+,70-/m0/s1. The molecule has 0 bridgehead atoms. The molecule has 0 spiro atoms. The summed E-state index contributed by atoms with van der Waals surface area (Å²) in [6.45, 7) is 0.542. The van der Waals surface area contributed by atoms with Crippen LogP contribution in [0.4, 0.5) is 0 Å². The van der Waals surface area contributed by atoms with E-state index < -0.39 is 211 Å². The molecular weight excluding hydrogens is 1320 g/mol. The van der Waals surface area contributed by atoms with Gasteiger partial charge in [-0.25, -0.2) is 0 Å². The second-order valence-corrected chi connectivity index (χ2v) is 27.9. The van der Waals surface area contributed by atoms with Crippen LogP contribution in [0.1, 0.15) is 213 Å². The van der Waals surface area contributed by atoms with Gasteiger partial charge in [-0.3, -0.25) is 9.59 Å². The minimum absolute atomic E-state index is 0.178. The van der Waals surface area contributed by atoms with Crippen LogP contribution in [0.15, 0.2) is 12.2 Å². The lowest BCUT2D eigenvalue weighted by Crippen LogP contribution is -2.68. The summed E-state index contributed by atoms with van der Waals surface area (Å²) < 4.78 is 58.7. The van der Waals surface area contributed by atoms with Gasteiger partial charge in [0.05, 0.1) is 51.8 Å². The third-order valence-corrected chi connectivity index (χ3v) is 19.7. The number of unbranched alkanes of at least 4 members (excludes halogenated alkanes) is 27. The van der Waals surface area contributed by atoms with E-state index in [4.69, 9.17) is 47.4 Å². The van der Waals surface area contributed by atoms with Crippen LogP contribution in [-0.2, 0) is 57.0 Å². The van der Waals surface area contributed by atoms with Crippen molar-refractivity contribution in [3.8, 4) is 0 Å². The van der Waals surface area contributed by atoms with E-state index in [2.05, 4.69) is 24.5 Å². The Balaban J connectivity index is 1.25. The fourth-order valence-corrected chi connectivity index (χ4v) is 13.5. The summed E-state index contributed by atoms with van der Waals surface area (Å²) in [4.78, 5) is 26.2. The number of hydrogen-bond donors (Lipinski definition) is 18. The topological polar surface area (TPSA) is 474 Å². The minimum Gasteiger partial charge on any atom is -0.394 e. The SMILES string of the molecule is CCCCCCCCCCCCC/C=C/[C@@H](O)[C@H](CO[C@@H]1OC(CO)[C@@H](O[C@@H]2OC(CO[C@@H]3OC(CO)[C@@H](O[C@@H]4OC(CO)[C@H](O)[C@H](O)C4O)[C@H](O)C3NC(C)=O)[C@H](O)[C@H](O[C@H]3OC(CO)[C@H](O)[C@H](O)C3O)C2O)[C@H](O)C1O)NC(=O)CCCCCCCCCCCCCCCCCCC. The Kier molecular flexibility index (Phi) is 43.0. The first-order chi connectivity index (χ1) is 48.2. The lowest BCUT2D eigenvalue weighted by atomic mass is 9.95. The molecule has 5 aliphatic heterocycles. The zero-order valence-electron chi connectivity index (χ0n) is 59.3. The molecule has 5 rings (SSSR count). The highest BCUT2D eigenvalue weighted by atomic mass is 16.8. The molecule has 586 valence electrons. The van der Waals surface area contributed by atoms with Crippen molar-refractivity contribution in [2.75, 3.05) is 39.6 Å². The third kappa shape index (κ3) is 28.4. The average Bonchev–Trinajstić information content (AvgIpc) is 0.775. The summed E-state index contributed by atoms with van der Waals surface area (Å²) in [5.41, 5.74) is 0. The van der Waals surface area contributed by atoms with Crippen LogP contribution < -0.4 is 10.6 Å². The molecule has 0 aromatic carbocycles. The highest BCUT2D eigenvalue weighted by Gasteiger charge is 2.56. The molecule has 0 radical (unpaired) electrons. The number of aliphatic hydroxyl groups excluding tert-OH is 16. The number of amides is 2. The van der Waals surface area contributed by atoms with E-state index in [0.29, 0.717) is 12.8 Å². The van der Waals surface area contributed by atoms with Crippen molar-refractivity contribution in [3.63, 3.8) is 0 Å². The van der Waals surface area contributed by atoms with E-state index in [-0.39, 0.29) is 12.3 Å². The minimum atomic E-state index is -2.20. The van der Waals surface area contributed by atoms with E-state index in [1.165, 1.54) is 122 Å². The Labute approximate surface area is 589 Å². The molecule has 0 aromatic heterocycles. The fourth-order valence-electron chi connectivity index (χ4n) is 13.5. The zero-order valence-corrected chi connectivity index (χ0v) is 59.3. The monoisotopic (exact) mass is 1440 g/mol. The summed E-state index contributed by atoms with van der Waals surface area (Å²) in [6.07, 6.45) is -8.83. The first kappa shape index (κ1) is 88.3. The predicted octanol–water partition coefficient (Wildman–Crippen LogP) is 0.388. The maximum Gasteiger partial charge on any atom is 0.220 e. The number of nitrogens with one attached hydrogen (secondary N) is 2. The Bertz CT molecular complexity index is 2180. The average molecular weight is 1450 g/mol. The highest BCUT2D eigenvalue weighted by Crippen LogP contribution is 2.36. The van der Waals surface area contributed by atoms with E-state index in [1.54, 1.807) is 6.08 Å². The smallest absolute Gasteiger partial charge is 0.220 e. The Morgan fingerprint density at radius 2 is 0.780 bits per heavy atom. The van der Waals surface area contributed by atoms with Crippen LogP contribution in [-0.4, -0.2) is 299 Å². The van der Waals surface area contributed by atoms with Gasteiger partial charge in [-0.2, -0.15) is 0 Å². The van der Waals surface area contributed by atoms with Gasteiger partial charge >= 0.3 is 0 Å². The van der Waals surface area contributed by atoms with Crippen molar-refractivity contribution in [3.05, 3.63) is 12.2 Å². The summed E-state index contributed by atoms with van der Waals surface area (Å²) in [7, 11) is 0. The fraction of sp³-hybridized carbons (Fsp3) is 0.943. The largest absolute Gasteiger partial charge is 0.394 e. The molecule has 0 aromatic rings. The Hall–Kier alpha value is -2.36. The number of allylic oxidation sites excluding steroid dienone is 1. The number of aliphatic hydroxyl groups is 16. The zero-order chi connectivity index (χ0) is 73.1. The third-order valence-electron chi connectivity index (χ3n) is 19.7. The van der Waals surface area contributed by atoms with Gasteiger partial charge in [0.25, 0.3) is 0 Å². The van der Waals surface area contributed by atoms with Gasteiger partial charge in [-0.05, 0) is 19.3 Å². The number of carbonyl (C=O) groups excluding carboxylic acids is 2. The maximum absolute atomic E-state index is 13.5. The molecule has 5 heterocycles. The first-order valence-electron chi connectivity index (χ1n) is 37.5. The summed E-state index contributed by atoms with van der Waals surface area (Å²) >= 11 is 0. The lowest BCUT2D eigenvalue weighted by molar-refractivity contribution is -0.385. The second kappa shape index (κ2) is 48.8. The van der Waals surface area contributed by atoms with Crippen LogP contribution in [0.25, 0.3) is 0 Å². The molecule has 5 fully saturated rings. The molecule has 18 N–H and O–H groups in total. The summed E-state index contributed by atoms with van der Waals surface area (Å²) in [5.74, 6) is -1.12.